The van der Waals surface area contributed by atoms with Crippen molar-refractivity contribution >= 4 is 18.7 Å². The minimum absolute atomic E-state index is 0.282. The van der Waals surface area contributed by atoms with Gasteiger partial charge in [-0.15, -0.1) is 6.42 Å². The molecule has 1 aromatic rings. The third-order valence-electron chi connectivity index (χ3n) is 5.27. The lowest BCUT2D eigenvalue weighted by Crippen LogP contribution is -2.50. The van der Waals surface area contributed by atoms with Crippen molar-refractivity contribution in [2.75, 3.05) is 26.2 Å². The number of amides is 1. The Labute approximate surface area is 168 Å². The Bertz CT molecular complexity index is 785. The van der Waals surface area contributed by atoms with Gasteiger partial charge in [-0.3, -0.25) is 4.90 Å². The molecule has 0 unspecified atom stereocenters. The minimum atomic E-state index is -1.56. The predicted octanol–water partition coefficient (Wildman–Crippen LogP) is 1.33. The lowest BCUT2D eigenvalue weighted by molar-refractivity contribution is 0.0138. The zero-order chi connectivity index (χ0) is 21.2. The molecule has 1 aliphatic rings. The average molecular weight is 386 g/mol. The number of hydrogen-bond acceptors (Lipinski definition) is 5. The standard InChI is InChI=1S/C21H31BN2O4/c1-8-17-14(2)18(16(4)19(15(17)3)22(26)27)13-23-9-11-24(12-10-23)20(25)28-21(5,6)7/h1,26-27H,9-13H2,2-7H3. The number of benzene rings is 1. The third-order valence-corrected chi connectivity index (χ3v) is 5.27. The quantitative estimate of drug-likeness (QED) is 0.606. The maximum absolute atomic E-state index is 12.2. The van der Waals surface area contributed by atoms with Crippen LogP contribution in [0.2, 0.25) is 0 Å². The van der Waals surface area contributed by atoms with Gasteiger partial charge in [-0.2, -0.15) is 0 Å². The van der Waals surface area contributed by atoms with Crippen molar-refractivity contribution < 1.29 is 19.6 Å². The highest BCUT2D eigenvalue weighted by Crippen LogP contribution is 2.23. The van der Waals surface area contributed by atoms with E-state index in [0.717, 1.165) is 27.8 Å². The van der Waals surface area contributed by atoms with Crippen molar-refractivity contribution in [3.8, 4) is 12.3 Å². The van der Waals surface area contributed by atoms with Crippen molar-refractivity contribution in [1.29, 1.82) is 0 Å². The molecule has 1 fully saturated rings. The number of carbonyl (C=O) groups excluding carboxylic acids is 1. The molecule has 0 spiro atoms. The molecule has 0 bridgehead atoms. The Kier molecular flexibility index (Phi) is 6.82. The number of carbonyl (C=O) groups is 1. The summed E-state index contributed by atoms with van der Waals surface area (Å²) in [4.78, 5) is 16.2. The molecule has 2 rings (SSSR count). The molecular weight excluding hydrogens is 355 g/mol. The fourth-order valence-corrected chi connectivity index (χ4v) is 3.77. The van der Waals surface area contributed by atoms with Crippen molar-refractivity contribution in [3.05, 3.63) is 27.8 Å². The van der Waals surface area contributed by atoms with Crippen LogP contribution < -0.4 is 5.46 Å². The van der Waals surface area contributed by atoms with Crippen LogP contribution in [0.25, 0.3) is 0 Å². The van der Waals surface area contributed by atoms with Crippen LogP contribution in [0.1, 0.15) is 48.6 Å². The highest BCUT2D eigenvalue weighted by molar-refractivity contribution is 6.60. The second-order valence-electron chi connectivity index (χ2n) is 8.40. The van der Waals surface area contributed by atoms with Crippen LogP contribution in [0.15, 0.2) is 0 Å². The van der Waals surface area contributed by atoms with Gasteiger partial charge in [0, 0.05) is 38.3 Å². The predicted molar refractivity (Wildman–Crippen MR) is 111 cm³/mol. The van der Waals surface area contributed by atoms with Gasteiger partial charge in [-0.05, 0) is 69.3 Å². The number of piperazine rings is 1. The van der Waals surface area contributed by atoms with Gasteiger partial charge in [0.05, 0.1) is 0 Å². The average Bonchev–Trinajstić information content (AvgIpc) is 2.57. The van der Waals surface area contributed by atoms with Gasteiger partial charge < -0.3 is 19.7 Å². The fraction of sp³-hybridized carbons (Fsp3) is 0.571. The SMILES string of the molecule is C#Cc1c(C)c(CN2CCN(C(=O)OC(C)(C)C)CC2)c(C)c(B(O)O)c1C. The van der Waals surface area contributed by atoms with E-state index in [9.17, 15) is 14.8 Å². The molecule has 6 nitrogen and oxygen atoms in total. The molecule has 0 aromatic heterocycles. The molecule has 2 N–H and O–H groups in total. The van der Waals surface area contributed by atoms with Crippen molar-refractivity contribution in [2.45, 2.75) is 53.7 Å². The number of terminal acetylenes is 1. The number of nitrogens with zero attached hydrogens (tertiary/aromatic N) is 2. The lowest BCUT2D eigenvalue weighted by atomic mass is 9.70. The first-order valence-electron chi connectivity index (χ1n) is 9.61. The van der Waals surface area contributed by atoms with Gasteiger partial charge >= 0.3 is 13.2 Å². The second-order valence-corrected chi connectivity index (χ2v) is 8.40. The fourth-order valence-electron chi connectivity index (χ4n) is 3.77. The summed E-state index contributed by atoms with van der Waals surface area (Å²) < 4.78 is 5.45. The topological polar surface area (TPSA) is 73.2 Å². The molecule has 7 heteroatoms. The first kappa shape index (κ1) is 22.3. The van der Waals surface area contributed by atoms with E-state index in [1.54, 1.807) is 4.90 Å². The highest BCUT2D eigenvalue weighted by atomic mass is 16.6. The highest BCUT2D eigenvalue weighted by Gasteiger charge is 2.28. The van der Waals surface area contributed by atoms with Gasteiger partial charge in [0.2, 0.25) is 0 Å². The van der Waals surface area contributed by atoms with Crippen LogP contribution in [0.3, 0.4) is 0 Å². The van der Waals surface area contributed by atoms with Crippen LogP contribution >= 0.6 is 0 Å². The summed E-state index contributed by atoms with van der Waals surface area (Å²) in [7, 11) is -1.56. The smallest absolute Gasteiger partial charge is 0.444 e. The van der Waals surface area contributed by atoms with Gasteiger partial charge in [0.25, 0.3) is 0 Å². The summed E-state index contributed by atoms with van der Waals surface area (Å²) >= 11 is 0. The minimum Gasteiger partial charge on any atom is -0.444 e. The zero-order valence-corrected chi connectivity index (χ0v) is 17.8. The summed E-state index contributed by atoms with van der Waals surface area (Å²) in [5, 5.41) is 19.7. The second kappa shape index (κ2) is 8.56. The van der Waals surface area contributed by atoms with Crippen molar-refractivity contribution in [1.82, 2.24) is 9.80 Å². The summed E-state index contributed by atoms with van der Waals surface area (Å²) in [6, 6.07) is 0. The van der Waals surface area contributed by atoms with E-state index in [-0.39, 0.29) is 6.09 Å². The molecule has 152 valence electrons. The largest absolute Gasteiger partial charge is 0.489 e. The molecule has 0 radical (unpaired) electrons. The summed E-state index contributed by atoms with van der Waals surface area (Å²) in [5.74, 6) is 2.70. The Morgan fingerprint density at radius 1 is 1.11 bits per heavy atom. The van der Waals surface area contributed by atoms with Crippen LogP contribution in [-0.2, 0) is 11.3 Å². The van der Waals surface area contributed by atoms with E-state index in [0.29, 0.717) is 38.2 Å². The normalized spacial score (nSPS) is 15.3. The summed E-state index contributed by atoms with van der Waals surface area (Å²) in [6.07, 6.45) is 5.41. The van der Waals surface area contributed by atoms with E-state index in [1.807, 2.05) is 41.5 Å². The van der Waals surface area contributed by atoms with E-state index < -0.39 is 12.7 Å². The third kappa shape index (κ3) is 4.88. The van der Waals surface area contributed by atoms with Crippen LogP contribution in [0.5, 0.6) is 0 Å². The number of hydrogen-bond donors (Lipinski definition) is 2. The molecule has 1 amide bonds. The number of ether oxygens (including phenoxy) is 1. The Morgan fingerprint density at radius 2 is 1.68 bits per heavy atom. The van der Waals surface area contributed by atoms with Crippen molar-refractivity contribution in [3.63, 3.8) is 0 Å². The lowest BCUT2D eigenvalue weighted by Gasteiger charge is -2.36. The summed E-state index contributed by atoms with van der Waals surface area (Å²) in [6.45, 7) is 14.6. The summed E-state index contributed by atoms with van der Waals surface area (Å²) in [5.41, 5.74) is 4.32. The van der Waals surface area contributed by atoms with E-state index in [4.69, 9.17) is 11.2 Å². The van der Waals surface area contributed by atoms with E-state index in [1.165, 1.54) is 0 Å². The molecule has 0 atom stereocenters. The Balaban J connectivity index is 2.17. The maximum atomic E-state index is 12.2. The van der Waals surface area contributed by atoms with Crippen LogP contribution in [-0.4, -0.2) is 64.8 Å². The Morgan fingerprint density at radius 3 is 2.14 bits per heavy atom. The first-order valence-corrected chi connectivity index (χ1v) is 9.61. The Hall–Kier alpha value is -2.01. The van der Waals surface area contributed by atoms with Gasteiger partial charge in [0.15, 0.2) is 0 Å². The molecular formula is C21H31BN2O4. The molecule has 0 aliphatic carbocycles. The van der Waals surface area contributed by atoms with E-state index in [2.05, 4.69) is 10.8 Å². The molecule has 28 heavy (non-hydrogen) atoms. The van der Waals surface area contributed by atoms with Gasteiger partial charge in [0.1, 0.15) is 5.60 Å². The van der Waals surface area contributed by atoms with Crippen LogP contribution in [0.4, 0.5) is 4.79 Å². The zero-order valence-electron chi connectivity index (χ0n) is 17.8. The number of rotatable bonds is 3. The monoisotopic (exact) mass is 386 g/mol. The molecule has 1 saturated heterocycles. The molecule has 1 heterocycles. The molecule has 0 saturated carbocycles. The molecule has 1 aliphatic heterocycles. The van der Waals surface area contributed by atoms with Gasteiger partial charge in [-0.25, -0.2) is 4.79 Å². The van der Waals surface area contributed by atoms with Gasteiger partial charge in [-0.1, -0.05) is 5.92 Å². The van der Waals surface area contributed by atoms with Crippen molar-refractivity contribution in [2.24, 2.45) is 0 Å². The maximum Gasteiger partial charge on any atom is 0.489 e. The van der Waals surface area contributed by atoms with E-state index >= 15 is 0 Å². The molecule has 1 aromatic carbocycles. The first-order chi connectivity index (χ1) is 13.0. The van der Waals surface area contributed by atoms with Crippen LogP contribution in [0, 0.1) is 33.1 Å².